The van der Waals surface area contributed by atoms with Crippen LogP contribution >= 0.6 is 39.9 Å². The van der Waals surface area contributed by atoms with Crippen molar-refractivity contribution in [1.29, 1.82) is 0 Å². The van der Waals surface area contributed by atoms with Crippen LogP contribution in [0.15, 0.2) is 62.6 Å². The van der Waals surface area contributed by atoms with E-state index >= 15 is 0 Å². The van der Waals surface area contributed by atoms with Crippen LogP contribution in [0.25, 0.3) is 11.5 Å². The van der Waals surface area contributed by atoms with Crippen LogP contribution in [0.5, 0.6) is 0 Å². The Morgan fingerprint density at radius 3 is 2.73 bits per heavy atom. The Balaban J connectivity index is 1.65. The van der Waals surface area contributed by atoms with E-state index < -0.39 is 0 Å². The number of rotatable bonds is 6. The first kappa shape index (κ1) is 18.6. The molecule has 0 aliphatic rings. The molecule has 0 aliphatic heterocycles. The number of thiocarbonyl (C=S) groups is 1. The quantitative estimate of drug-likeness (QED) is 0.330. The lowest BCUT2D eigenvalue weighted by atomic mass is 10.2. The van der Waals surface area contributed by atoms with Gasteiger partial charge in [-0.3, -0.25) is 4.79 Å². The first-order valence-electron chi connectivity index (χ1n) is 7.43. The second-order valence-electron chi connectivity index (χ2n) is 5.16. The fourth-order valence-electron chi connectivity index (χ4n) is 2.10. The highest BCUT2D eigenvalue weighted by Crippen LogP contribution is 2.25. The number of anilines is 1. The largest absolute Gasteiger partial charge is 0.411 e. The maximum Gasteiger partial charge on any atom is 0.277 e. The van der Waals surface area contributed by atoms with Crippen molar-refractivity contribution in [2.45, 2.75) is 5.22 Å². The van der Waals surface area contributed by atoms with Crippen LogP contribution in [0.2, 0.25) is 0 Å². The highest BCUT2D eigenvalue weighted by molar-refractivity contribution is 9.10. The number of nitrogens with two attached hydrogens (primary N) is 1. The molecule has 1 heterocycles. The van der Waals surface area contributed by atoms with Gasteiger partial charge in [0.1, 0.15) is 0 Å². The van der Waals surface area contributed by atoms with E-state index in [1.807, 2.05) is 30.3 Å². The second kappa shape index (κ2) is 8.43. The average molecular weight is 449 g/mol. The molecule has 0 aliphatic carbocycles. The van der Waals surface area contributed by atoms with Gasteiger partial charge in [-0.15, -0.1) is 10.2 Å². The number of nitrogens with one attached hydrogen (secondary N) is 1. The predicted octanol–water partition coefficient (Wildman–Crippen LogP) is 4.13. The number of benzene rings is 2. The van der Waals surface area contributed by atoms with Gasteiger partial charge in [0.2, 0.25) is 5.89 Å². The molecule has 3 aromatic rings. The normalized spacial score (nSPS) is 10.5. The SMILES string of the molecule is NC(=S)Nc1cccc(-c2nnc(SCC(=O)c3ccc(Br)cc3)o2)c1. The van der Waals surface area contributed by atoms with E-state index in [1.165, 1.54) is 11.8 Å². The van der Waals surface area contributed by atoms with E-state index in [4.69, 9.17) is 22.4 Å². The molecule has 6 nitrogen and oxygen atoms in total. The maximum absolute atomic E-state index is 12.2. The van der Waals surface area contributed by atoms with Gasteiger partial charge in [-0.1, -0.05) is 45.9 Å². The van der Waals surface area contributed by atoms with Gasteiger partial charge in [0.15, 0.2) is 10.9 Å². The molecule has 26 heavy (non-hydrogen) atoms. The molecule has 0 unspecified atom stereocenters. The number of carbonyl (C=O) groups excluding carboxylic acids is 1. The van der Waals surface area contributed by atoms with Crippen LogP contribution in [-0.2, 0) is 0 Å². The summed E-state index contributed by atoms with van der Waals surface area (Å²) in [4.78, 5) is 12.2. The third-order valence-corrected chi connectivity index (χ3v) is 4.73. The smallest absolute Gasteiger partial charge is 0.277 e. The number of Topliss-reactive ketones (excluding diaryl/α,β-unsaturated/α-hetero) is 1. The molecule has 0 radical (unpaired) electrons. The molecule has 0 bridgehead atoms. The lowest BCUT2D eigenvalue weighted by Gasteiger charge is -2.04. The van der Waals surface area contributed by atoms with Crippen molar-refractivity contribution in [2.75, 3.05) is 11.1 Å². The zero-order valence-corrected chi connectivity index (χ0v) is 16.5. The topological polar surface area (TPSA) is 94.0 Å². The standard InChI is InChI=1S/C17H13BrN4O2S2/c18-12-6-4-10(5-7-12)14(23)9-26-17-22-21-15(24-17)11-2-1-3-13(8-11)20-16(19)25/h1-8H,9H2,(H3,19,20,25). The highest BCUT2D eigenvalue weighted by atomic mass is 79.9. The summed E-state index contributed by atoms with van der Waals surface area (Å²) in [5.74, 6) is 0.562. The van der Waals surface area contributed by atoms with Crippen molar-refractivity contribution >= 4 is 56.5 Å². The van der Waals surface area contributed by atoms with Crippen molar-refractivity contribution in [3.8, 4) is 11.5 Å². The average Bonchev–Trinajstić information content (AvgIpc) is 3.09. The number of thioether (sulfide) groups is 1. The molecule has 0 amide bonds. The molecule has 2 aromatic carbocycles. The Labute approximate surface area is 167 Å². The minimum atomic E-state index is -0.00935. The van der Waals surface area contributed by atoms with Gasteiger partial charge in [-0.05, 0) is 42.5 Å². The van der Waals surface area contributed by atoms with Crippen LogP contribution < -0.4 is 11.1 Å². The van der Waals surface area contributed by atoms with Gasteiger partial charge in [-0.25, -0.2) is 0 Å². The van der Waals surface area contributed by atoms with Crippen molar-refractivity contribution in [1.82, 2.24) is 10.2 Å². The fourth-order valence-corrected chi connectivity index (χ4v) is 3.14. The van der Waals surface area contributed by atoms with Crippen molar-refractivity contribution in [3.63, 3.8) is 0 Å². The summed E-state index contributed by atoms with van der Waals surface area (Å²) in [6.45, 7) is 0. The Morgan fingerprint density at radius 2 is 2.00 bits per heavy atom. The summed E-state index contributed by atoms with van der Waals surface area (Å²) in [5.41, 5.74) is 7.56. The Morgan fingerprint density at radius 1 is 1.23 bits per heavy atom. The van der Waals surface area contributed by atoms with Gasteiger partial charge in [0.05, 0.1) is 5.75 Å². The summed E-state index contributed by atoms with van der Waals surface area (Å²) in [7, 11) is 0. The van der Waals surface area contributed by atoms with E-state index in [2.05, 4.69) is 31.4 Å². The van der Waals surface area contributed by atoms with Crippen LogP contribution in [-0.4, -0.2) is 26.8 Å². The van der Waals surface area contributed by atoms with Crippen LogP contribution in [0.3, 0.4) is 0 Å². The lowest BCUT2D eigenvalue weighted by molar-refractivity contribution is 0.102. The first-order valence-corrected chi connectivity index (χ1v) is 9.62. The molecule has 0 fully saturated rings. The van der Waals surface area contributed by atoms with E-state index in [0.29, 0.717) is 16.7 Å². The number of carbonyl (C=O) groups is 1. The summed E-state index contributed by atoms with van der Waals surface area (Å²) in [6.07, 6.45) is 0. The van der Waals surface area contributed by atoms with E-state index in [0.717, 1.165) is 15.7 Å². The Kier molecular flexibility index (Phi) is 6.02. The summed E-state index contributed by atoms with van der Waals surface area (Å²) < 4.78 is 6.55. The number of ketones is 1. The maximum atomic E-state index is 12.2. The van der Waals surface area contributed by atoms with Crippen molar-refractivity contribution in [3.05, 3.63) is 58.6 Å². The zero-order chi connectivity index (χ0) is 18.5. The van der Waals surface area contributed by atoms with Gasteiger partial charge in [0, 0.05) is 21.3 Å². The van der Waals surface area contributed by atoms with Crippen molar-refractivity contribution < 1.29 is 9.21 Å². The first-order chi connectivity index (χ1) is 12.5. The number of nitrogens with zero attached hydrogens (tertiary/aromatic N) is 2. The molecule has 0 saturated carbocycles. The monoisotopic (exact) mass is 448 g/mol. The van der Waals surface area contributed by atoms with Gasteiger partial charge < -0.3 is 15.5 Å². The predicted molar refractivity (Wildman–Crippen MR) is 109 cm³/mol. The molecule has 132 valence electrons. The van der Waals surface area contributed by atoms with E-state index in [9.17, 15) is 4.79 Å². The van der Waals surface area contributed by atoms with Gasteiger partial charge in [0.25, 0.3) is 5.22 Å². The van der Waals surface area contributed by atoms with Crippen molar-refractivity contribution in [2.24, 2.45) is 5.73 Å². The molecule has 3 rings (SSSR count). The number of aromatic nitrogens is 2. The number of hydrogen-bond donors (Lipinski definition) is 2. The third kappa shape index (κ3) is 4.90. The molecule has 9 heteroatoms. The Bertz CT molecular complexity index is 944. The third-order valence-electron chi connectivity index (χ3n) is 3.28. The summed E-state index contributed by atoms with van der Waals surface area (Å²) >= 11 is 9.37. The molecule has 3 N–H and O–H groups in total. The number of hydrogen-bond acceptors (Lipinski definition) is 6. The van der Waals surface area contributed by atoms with Gasteiger partial charge >= 0.3 is 0 Å². The van der Waals surface area contributed by atoms with Crippen LogP contribution in [0, 0.1) is 0 Å². The van der Waals surface area contributed by atoms with E-state index in [-0.39, 0.29) is 16.6 Å². The van der Waals surface area contributed by atoms with Crippen LogP contribution in [0.1, 0.15) is 10.4 Å². The molecular formula is C17H13BrN4O2S2. The number of halogens is 1. The molecule has 1 aromatic heterocycles. The molecule has 0 spiro atoms. The minimum Gasteiger partial charge on any atom is -0.411 e. The molecule has 0 saturated heterocycles. The summed E-state index contributed by atoms with van der Waals surface area (Å²) in [6, 6.07) is 14.5. The Hall–Kier alpha value is -2.23. The fraction of sp³-hybridized carbons (Fsp3) is 0.0588. The minimum absolute atomic E-state index is 0.00935. The molecule has 0 atom stereocenters. The molecular weight excluding hydrogens is 436 g/mol. The highest BCUT2D eigenvalue weighted by Gasteiger charge is 2.13. The van der Waals surface area contributed by atoms with Gasteiger partial charge in [-0.2, -0.15) is 0 Å². The van der Waals surface area contributed by atoms with Crippen LogP contribution in [0.4, 0.5) is 5.69 Å². The zero-order valence-electron chi connectivity index (χ0n) is 13.3. The van der Waals surface area contributed by atoms with E-state index in [1.54, 1.807) is 18.2 Å². The summed E-state index contributed by atoms with van der Waals surface area (Å²) in [5, 5.41) is 11.4. The lowest BCUT2D eigenvalue weighted by Crippen LogP contribution is -2.18. The second-order valence-corrected chi connectivity index (χ2v) is 7.44.